The van der Waals surface area contributed by atoms with Gasteiger partial charge >= 0.3 is 5.69 Å². The van der Waals surface area contributed by atoms with Gasteiger partial charge in [0.15, 0.2) is 0 Å². The standard InChI is InChI=1S/C16H23N3O2/c1-11(2)15-7-5-14(6-8-15)9-18-10-17-19(16(18)21)12(3)13(4)20/h5-8,10-13,20H,9H2,1-4H3. The van der Waals surface area contributed by atoms with Crippen LogP contribution in [0.2, 0.25) is 0 Å². The first kappa shape index (κ1) is 15.5. The maximum atomic E-state index is 12.2. The van der Waals surface area contributed by atoms with E-state index in [9.17, 15) is 9.90 Å². The summed E-state index contributed by atoms with van der Waals surface area (Å²) in [6.45, 7) is 8.23. The largest absolute Gasteiger partial charge is 0.391 e. The molecule has 2 aromatic rings. The maximum absolute atomic E-state index is 12.2. The van der Waals surface area contributed by atoms with Gasteiger partial charge in [0, 0.05) is 0 Å². The van der Waals surface area contributed by atoms with E-state index >= 15 is 0 Å². The molecule has 5 nitrogen and oxygen atoms in total. The fraction of sp³-hybridized carbons (Fsp3) is 0.500. The van der Waals surface area contributed by atoms with Crippen LogP contribution in [0.5, 0.6) is 0 Å². The van der Waals surface area contributed by atoms with Gasteiger partial charge in [0.2, 0.25) is 0 Å². The van der Waals surface area contributed by atoms with Crippen molar-refractivity contribution >= 4 is 0 Å². The smallest absolute Gasteiger partial charge is 0.346 e. The summed E-state index contributed by atoms with van der Waals surface area (Å²) in [6.07, 6.45) is 0.911. The Bertz CT molecular complexity index is 638. The first-order chi connectivity index (χ1) is 9.90. The molecule has 21 heavy (non-hydrogen) atoms. The van der Waals surface area contributed by atoms with Gasteiger partial charge < -0.3 is 5.11 Å². The molecule has 2 atom stereocenters. The molecule has 114 valence electrons. The molecular weight excluding hydrogens is 266 g/mol. The van der Waals surface area contributed by atoms with Crippen LogP contribution in [0, 0.1) is 0 Å². The SMILES string of the molecule is CC(C)c1ccc(Cn2cnn(C(C)C(C)O)c2=O)cc1. The molecule has 0 spiro atoms. The fourth-order valence-corrected chi connectivity index (χ4v) is 2.15. The van der Waals surface area contributed by atoms with E-state index in [0.29, 0.717) is 12.5 Å². The highest BCUT2D eigenvalue weighted by molar-refractivity contribution is 5.24. The zero-order valence-electron chi connectivity index (χ0n) is 13.0. The van der Waals surface area contributed by atoms with Crippen LogP contribution in [0.1, 0.15) is 50.8 Å². The normalized spacial score (nSPS) is 14.4. The predicted molar refractivity (Wildman–Crippen MR) is 82.5 cm³/mol. The first-order valence-electron chi connectivity index (χ1n) is 7.31. The van der Waals surface area contributed by atoms with Crippen LogP contribution < -0.4 is 5.69 Å². The number of aliphatic hydroxyl groups excluding tert-OH is 1. The summed E-state index contributed by atoms with van der Waals surface area (Å²) < 4.78 is 2.89. The Balaban J connectivity index is 2.19. The van der Waals surface area contributed by atoms with Gasteiger partial charge in [-0.05, 0) is 30.9 Å². The zero-order chi connectivity index (χ0) is 15.6. The van der Waals surface area contributed by atoms with Crippen molar-refractivity contribution in [2.75, 3.05) is 0 Å². The predicted octanol–water partition coefficient (Wildman–Crippen LogP) is 2.16. The summed E-state index contributed by atoms with van der Waals surface area (Å²) >= 11 is 0. The molecule has 0 saturated carbocycles. The van der Waals surface area contributed by atoms with E-state index < -0.39 is 6.10 Å². The quantitative estimate of drug-likeness (QED) is 0.917. The van der Waals surface area contributed by atoms with Crippen LogP contribution in [0.25, 0.3) is 0 Å². The lowest BCUT2D eigenvalue weighted by molar-refractivity contribution is 0.130. The number of hydrogen-bond acceptors (Lipinski definition) is 3. The zero-order valence-corrected chi connectivity index (χ0v) is 13.0. The average Bonchev–Trinajstić information content (AvgIpc) is 2.80. The van der Waals surface area contributed by atoms with Crippen LogP contribution >= 0.6 is 0 Å². The molecule has 1 N–H and O–H groups in total. The molecule has 0 saturated heterocycles. The van der Waals surface area contributed by atoms with Gasteiger partial charge in [-0.25, -0.2) is 9.48 Å². The van der Waals surface area contributed by atoms with Crippen LogP contribution in [-0.4, -0.2) is 25.6 Å². The fourth-order valence-electron chi connectivity index (χ4n) is 2.15. The second-order valence-electron chi connectivity index (χ2n) is 5.86. The maximum Gasteiger partial charge on any atom is 0.346 e. The van der Waals surface area contributed by atoms with Crippen molar-refractivity contribution < 1.29 is 5.11 Å². The van der Waals surface area contributed by atoms with Gasteiger partial charge in [-0.3, -0.25) is 4.57 Å². The second-order valence-corrected chi connectivity index (χ2v) is 5.86. The lowest BCUT2D eigenvalue weighted by atomic mass is 10.0. The highest BCUT2D eigenvalue weighted by Gasteiger charge is 2.16. The number of aliphatic hydroxyl groups is 1. The van der Waals surface area contributed by atoms with Gasteiger partial charge in [-0.1, -0.05) is 38.1 Å². The van der Waals surface area contributed by atoms with E-state index in [2.05, 4.69) is 31.1 Å². The van der Waals surface area contributed by atoms with Gasteiger partial charge in [-0.15, -0.1) is 0 Å². The average molecular weight is 289 g/mol. The van der Waals surface area contributed by atoms with Gasteiger partial charge in [-0.2, -0.15) is 5.10 Å². The minimum atomic E-state index is -0.614. The highest BCUT2D eigenvalue weighted by Crippen LogP contribution is 2.15. The molecule has 0 aliphatic rings. The molecule has 1 aromatic carbocycles. The number of nitrogens with zero attached hydrogens (tertiary/aromatic N) is 3. The lowest BCUT2D eigenvalue weighted by Crippen LogP contribution is -2.31. The van der Waals surface area contributed by atoms with Crippen LogP contribution in [-0.2, 0) is 6.54 Å². The third-order valence-electron chi connectivity index (χ3n) is 3.84. The van der Waals surface area contributed by atoms with E-state index in [-0.39, 0.29) is 11.7 Å². The molecule has 0 fully saturated rings. The molecule has 1 aromatic heterocycles. The van der Waals surface area contributed by atoms with E-state index in [1.165, 1.54) is 16.6 Å². The summed E-state index contributed by atoms with van der Waals surface area (Å²) in [7, 11) is 0. The van der Waals surface area contributed by atoms with Crippen LogP contribution in [0.4, 0.5) is 0 Å². The molecule has 0 bridgehead atoms. The minimum absolute atomic E-state index is 0.198. The van der Waals surface area contributed by atoms with Crippen molar-refractivity contribution in [1.29, 1.82) is 0 Å². The van der Waals surface area contributed by atoms with Gasteiger partial charge in [0.05, 0.1) is 18.7 Å². The monoisotopic (exact) mass is 289 g/mol. The Morgan fingerprint density at radius 2 is 1.76 bits per heavy atom. The third-order valence-corrected chi connectivity index (χ3v) is 3.84. The summed E-state index contributed by atoms with van der Waals surface area (Å²) in [6, 6.07) is 7.93. The van der Waals surface area contributed by atoms with Crippen molar-refractivity contribution in [3.8, 4) is 0 Å². The second kappa shape index (κ2) is 6.26. The van der Waals surface area contributed by atoms with Crippen molar-refractivity contribution in [1.82, 2.24) is 14.3 Å². The van der Waals surface area contributed by atoms with E-state index in [1.807, 2.05) is 12.1 Å². The number of hydrogen-bond donors (Lipinski definition) is 1. The van der Waals surface area contributed by atoms with E-state index in [1.54, 1.807) is 18.4 Å². The molecule has 0 aliphatic heterocycles. The van der Waals surface area contributed by atoms with Crippen LogP contribution in [0.15, 0.2) is 35.4 Å². The summed E-state index contributed by atoms with van der Waals surface area (Å²) in [5.41, 5.74) is 2.15. The topological polar surface area (TPSA) is 60.1 Å². The minimum Gasteiger partial charge on any atom is -0.391 e. The van der Waals surface area contributed by atoms with Gasteiger partial charge in [0.25, 0.3) is 0 Å². The molecule has 0 aliphatic carbocycles. The highest BCUT2D eigenvalue weighted by atomic mass is 16.3. The number of rotatable bonds is 5. The Labute approximate surface area is 124 Å². The van der Waals surface area contributed by atoms with Crippen molar-refractivity contribution in [3.63, 3.8) is 0 Å². The molecular formula is C16H23N3O2. The summed E-state index contributed by atoms with van der Waals surface area (Å²) in [5.74, 6) is 0.497. The Hall–Kier alpha value is -1.88. The van der Waals surface area contributed by atoms with Crippen molar-refractivity contribution in [2.45, 2.75) is 52.3 Å². The Morgan fingerprint density at radius 3 is 2.29 bits per heavy atom. The molecule has 0 radical (unpaired) electrons. The summed E-state index contributed by atoms with van der Waals surface area (Å²) in [4.78, 5) is 12.2. The Kier molecular flexibility index (Phi) is 4.63. The molecule has 2 rings (SSSR count). The van der Waals surface area contributed by atoms with Crippen LogP contribution in [0.3, 0.4) is 0 Å². The Morgan fingerprint density at radius 1 is 1.14 bits per heavy atom. The first-order valence-corrected chi connectivity index (χ1v) is 7.31. The molecule has 1 heterocycles. The third kappa shape index (κ3) is 3.42. The molecule has 0 amide bonds. The number of aromatic nitrogens is 3. The lowest BCUT2D eigenvalue weighted by Gasteiger charge is -2.13. The van der Waals surface area contributed by atoms with E-state index in [0.717, 1.165) is 5.56 Å². The van der Waals surface area contributed by atoms with Gasteiger partial charge in [0.1, 0.15) is 6.33 Å². The summed E-state index contributed by atoms with van der Waals surface area (Å²) in [5, 5.41) is 13.7. The molecule has 5 heteroatoms. The van der Waals surface area contributed by atoms with Crippen molar-refractivity contribution in [3.05, 3.63) is 52.2 Å². The van der Waals surface area contributed by atoms with Crippen molar-refractivity contribution in [2.24, 2.45) is 0 Å². The number of benzene rings is 1. The molecule has 2 unspecified atom stereocenters. The van der Waals surface area contributed by atoms with E-state index in [4.69, 9.17) is 0 Å².